The van der Waals surface area contributed by atoms with Gasteiger partial charge in [0.1, 0.15) is 12.1 Å². The van der Waals surface area contributed by atoms with Crippen LogP contribution in [0, 0.1) is 0 Å². The van der Waals surface area contributed by atoms with Crippen molar-refractivity contribution in [2.24, 2.45) is 0 Å². The SMILES string of the molecule is CCn1cnc2c1c(=O)n(CC(=O)N1c3ccccc3NC(=O)C1(C)C)c(=O)n2Cc1ccccc1. The van der Waals surface area contributed by atoms with Gasteiger partial charge in [0.25, 0.3) is 5.56 Å². The molecular weight excluding hydrogens is 460 g/mol. The molecule has 4 aromatic rings. The Morgan fingerprint density at radius 1 is 0.972 bits per heavy atom. The summed E-state index contributed by atoms with van der Waals surface area (Å²) in [4.78, 5) is 59.4. The molecule has 0 unspecified atom stereocenters. The minimum Gasteiger partial charge on any atom is -0.325 e. The Labute approximate surface area is 206 Å². The first-order valence-corrected chi connectivity index (χ1v) is 11.7. The average molecular weight is 487 g/mol. The van der Waals surface area contributed by atoms with Crippen LogP contribution in [-0.4, -0.2) is 36.0 Å². The molecule has 1 aliphatic heterocycles. The van der Waals surface area contributed by atoms with Crippen LogP contribution in [0.25, 0.3) is 11.2 Å². The van der Waals surface area contributed by atoms with Crippen LogP contribution in [0.1, 0.15) is 26.3 Å². The van der Waals surface area contributed by atoms with Gasteiger partial charge in [-0.1, -0.05) is 42.5 Å². The Morgan fingerprint density at radius 2 is 1.67 bits per heavy atom. The number of nitrogens with zero attached hydrogens (tertiary/aromatic N) is 5. The number of benzene rings is 2. The quantitative estimate of drug-likeness (QED) is 0.465. The molecule has 10 nitrogen and oxygen atoms in total. The molecule has 10 heteroatoms. The van der Waals surface area contributed by atoms with E-state index in [1.165, 1.54) is 15.8 Å². The zero-order valence-electron chi connectivity index (χ0n) is 20.3. The highest BCUT2D eigenvalue weighted by molar-refractivity contribution is 6.14. The molecule has 36 heavy (non-hydrogen) atoms. The van der Waals surface area contributed by atoms with Crippen LogP contribution >= 0.6 is 0 Å². The van der Waals surface area contributed by atoms with Crippen LogP contribution in [0.5, 0.6) is 0 Å². The van der Waals surface area contributed by atoms with Crippen molar-refractivity contribution in [3.63, 3.8) is 0 Å². The second-order valence-corrected chi connectivity index (χ2v) is 9.21. The summed E-state index contributed by atoms with van der Waals surface area (Å²) in [5, 5.41) is 2.82. The van der Waals surface area contributed by atoms with Gasteiger partial charge in [-0.05, 0) is 38.5 Å². The molecule has 5 rings (SSSR count). The molecule has 0 saturated heterocycles. The number of hydrogen-bond donors (Lipinski definition) is 1. The van der Waals surface area contributed by atoms with E-state index in [4.69, 9.17) is 0 Å². The van der Waals surface area contributed by atoms with Crippen molar-refractivity contribution in [1.29, 1.82) is 0 Å². The average Bonchev–Trinajstić information content (AvgIpc) is 3.30. The normalized spacial score (nSPS) is 14.5. The molecule has 0 bridgehead atoms. The third kappa shape index (κ3) is 3.62. The maximum absolute atomic E-state index is 13.7. The lowest BCUT2D eigenvalue weighted by atomic mass is 9.96. The molecule has 0 aliphatic carbocycles. The zero-order chi connectivity index (χ0) is 25.6. The maximum Gasteiger partial charge on any atom is 0.333 e. The molecule has 3 heterocycles. The van der Waals surface area contributed by atoms with Gasteiger partial charge in [0.2, 0.25) is 11.8 Å². The lowest BCUT2D eigenvalue weighted by Gasteiger charge is -2.42. The molecule has 0 spiro atoms. The molecule has 2 aromatic heterocycles. The van der Waals surface area contributed by atoms with E-state index in [0.29, 0.717) is 17.9 Å². The predicted molar refractivity (Wildman–Crippen MR) is 136 cm³/mol. The summed E-state index contributed by atoms with van der Waals surface area (Å²) < 4.78 is 4.01. The monoisotopic (exact) mass is 486 g/mol. The molecule has 184 valence electrons. The molecule has 2 aromatic carbocycles. The summed E-state index contributed by atoms with van der Waals surface area (Å²) in [5.41, 5.74) is -0.107. The van der Waals surface area contributed by atoms with Gasteiger partial charge in [0.15, 0.2) is 11.2 Å². The van der Waals surface area contributed by atoms with Gasteiger partial charge in [-0.2, -0.15) is 0 Å². The highest BCUT2D eigenvalue weighted by atomic mass is 16.2. The maximum atomic E-state index is 13.7. The van der Waals surface area contributed by atoms with E-state index in [-0.39, 0.29) is 23.6 Å². The van der Waals surface area contributed by atoms with Gasteiger partial charge in [-0.25, -0.2) is 14.3 Å². The summed E-state index contributed by atoms with van der Waals surface area (Å²) in [7, 11) is 0. The van der Waals surface area contributed by atoms with Crippen molar-refractivity contribution in [1.82, 2.24) is 18.7 Å². The van der Waals surface area contributed by atoms with Crippen molar-refractivity contribution >= 4 is 34.4 Å². The summed E-state index contributed by atoms with van der Waals surface area (Å²) in [6.07, 6.45) is 1.52. The number of carbonyl (C=O) groups excluding carboxylic acids is 2. The molecule has 0 fully saturated rings. The van der Waals surface area contributed by atoms with Crippen LogP contribution in [0.4, 0.5) is 11.4 Å². The second-order valence-electron chi connectivity index (χ2n) is 9.21. The van der Waals surface area contributed by atoms with Crippen molar-refractivity contribution in [3.05, 3.63) is 87.3 Å². The highest BCUT2D eigenvalue weighted by Gasteiger charge is 2.43. The smallest absolute Gasteiger partial charge is 0.325 e. The number of carbonyl (C=O) groups is 2. The summed E-state index contributed by atoms with van der Waals surface area (Å²) in [6.45, 7) is 5.25. The molecule has 1 aliphatic rings. The number of hydrogen-bond acceptors (Lipinski definition) is 5. The van der Waals surface area contributed by atoms with Crippen LogP contribution in [-0.2, 0) is 29.2 Å². The van der Waals surface area contributed by atoms with Gasteiger partial charge >= 0.3 is 5.69 Å². The fraction of sp³-hybridized carbons (Fsp3) is 0.269. The van der Waals surface area contributed by atoms with Gasteiger partial charge in [0, 0.05) is 6.54 Å². The number of nitrogens with one attached hydrogen (secondary N) is 1. The Bertz CT molecular complexity index is 1610. The van der Waals surface area contributed by atoms with Crippen molar-refractivity contribution in [2.75, 3.05) is 10.2 Å². The Kier molecular flexibility index (Phi) is 5.58. The van der Waals surface area contributed by atoms with E-state index < -0.39 is 29.2 Å². The number of aryl methyl sites for hydroxylation is 1. The first-order chi connectivity index (χ1) is 17.2. The van der Waals surface area contributed by atoms with E-state index in [1.54, 1.807) is 42.7 Å². The lowest BCUT2D eigenvalue weighted by molar-refractivity contribution is -0.126. The minimum absolute atomic E-state index is 0.186. The Balaban J connectivity index is 1.65. The Morgan fingerprint density at radius 3 is 2.39 bits per heavy atom. The topological polar surface area (TPSA) is 111 Å². The van der Waals surface area contributed by atoms with Gasteiger partial charge in [-0.3, -0.25) is 23.9 Å². The van der Waals surface area contributed by atoms with Crippen LogP contribution in [0.15, 0.2) is 70.5 Å². The Hall–Kier alpha value is -4.47. The van der Waals surface area contributed by atoms with E-state index in [2.05, 4.69) is 10.3 Å². The van der Waals surface area contributed by atoms with Crippen LogP contribution < -0.4 is 21.5 Å². The largest absolute Gasteiger partial charge is 0.333 e. The third-order valence-corrected chi connectivity index (χ3v) is 6.56. The molecule has 1 N–H and O–H groups in total. The predicted octanol–water partition coefficient (Wildman–Crippen LogP) is 2.19. The minimum atomic E-state index is -1.23. The fourth-order valence-electron chi connectivity index (χ4n) is 4.63. The summed E-state index contributed by atoms with van der Waals surface area (Å²) >= 11 is 0. The van der Waals surface area contributed by atoms with Crippen molar-refractivity contribution in [2.45, 2.75) is 45.9 Å². The molecule has 0 saturated carbocycles. The standard InChI is InChI=1S/C26H26N6O4/c1-4-29-16-27-22-21(29)23(34)31(25(36)30(22)14-17-10-6-5-7-11-17)15-20(33)32-19-13-9-8-12-18(19)28-24(35)26(32,2)3/h5-13,16H,4,14-15H2,1-3H3,(H,28,35). The number of amides is 2. The first kappa shape index (κ1) is 23.3. The fourth-order valence-corrected chi connectivity index (χ4v) is 4.63. The third-order valence-electron chi connectivity index (χ3n) is 6.56. The molecule has 0 atom stereocenters. The van der Waals surface area contributed by atoms with E-state index in [9.17, 15) is 19.2 Å². The number of fused-ring (bicyclic) bond motifs is 2. The van der Waals surface area contributed by atoms with Gasteiger partial charge in [0.05, 0.1) is 24.2 Å². The number of anilines is 2. The summed E-state index contributed by atoms with van der Waals surface area (Å²) in [5.74, 6) is -0.905. The van der Waals surface area contributed by atoms with E-state index in [1.807, 2.05) is 37.3 Å². The van der Waals surface area contributed by atoms with Crippen LogP contribution in [0.3, 0.4) is 0 Å². The second kappa shape index (κ2) is 8.63. The van der Waals surface area contributed by atoms with E-state index >= 15 is 0 Å². The molecular formula is C26H26N6O4. The van der Waals surface area contributed by atoms with Gasteiger partial charge in [-0.15, -0.1) is 0 Å². The first-order valence-electron chi connectivity index (χ1n) is 11.7. The van der Waals surface area contributed by atoms with Gasteiger partial charge < -0.3 is 9.88 Å². The van der Waals surface area contributed by atoms with Crippen molar-refractivity contribution in [3.8, 4) is 0 Å². The number of aromatic nitrogens is 4. The number of rotatable bonds is 5. The lowest BCUT2D eigenvalue weighted by Crippen LogP contribution is -2.60. The zero-order valence-corrected chi connectivity index (χ0v) is 20.3. The van der Waals surface area contributed by atoms with Crippen molar-refractivity contribution < 1.29 is 9.59 Å². The number of imidazole rings is 1. The van der Waals surface area contributed by atoms with E-state index in [0.717, 1.165) is 10.1 Å². The number of para-hydroxylation sites is 2. The molecule has 0 radical (unpaired) electrons. The summed E-state index contributed by atoms with van der Waals surface area (Å²) in [6, 6.07) is 16.3. The highest BCUT2D eigenvalue weighted by Crippen LogP contribution is 2.36. The van der Waals surface area contributed by atoms with Crippen LogP contribution in [0.2, 0.25) is 0 Å². The molecule has 2 amide bonds.